The quantitative estimate of drug-likeness (QED) is 0.656. The monoisotopic (exact) mass is 404 g/mol. The second-order valence-corrected chi connectivity index (χ2v) is 7.72. The molecule has 1 aliphatic heterocycles. The van der Waals surface area contributed by atoms with E-state index in [1.54, 1.807) is 43.5 Å². The Morgan fingerprint density at radius 3 is 2.29 bits per heavy atom. The third kappa shape index (κ3) is 4.98. The van der Waals surface area contributed by atoms with Gasteiger partial charge in [-0.25, -0.2) is 0 Å². The van der Waals surface area contributed by atoms with E-state index in [0.717, 1.165) is 5.56 Å². The van der Waals surface area contributed by atoms with Crippen molar-refractivity contribution in [3.63, 3.8) is 0 Å². The van der Waals surface area contributed by atoms with Crippen LogP contribution in [0.1, 0.15) is 5.56 Å². The molecule has 1 aliphatic rings. The Bertz CT molecular complexity index is 947. The molecule has 1 heterocycles. The van der Waals surface area contributed by atoms with Crippen LogP contribution in [0.15, 0.2) is 65.6 Å². The lowest BCUT2D eigenvalue weighted by Crippen LogP contribution is -2.38. The number of hydrogen-bond donors (Lipinski definition) is 0. The number of carbonyl (C=O) groups is 1. The standard InChI is InChI=1S/C20H20O7S/c1-14-3-9-17(10-4-14)28(22,23)25-13-19-18(21)11-12-20(27-19)26-16-7-5-15(24-2)6-8-16/h3-12,19-20H,13H2,1-2H3/t19-,20+/m1/s1. The second kappa shape index (κ2) is 8.55. The average Bonchev–Trinajstić information content (AvgIpc) is 2.69. The predicted molar refractivity (Wildman–Crippen MR) is 101 cm³/mol. The summed E-state index contributed by atoms with van der Waals surface area (Å²) in [6.45, 7) is 1.41. The Hall–Kier alpha value is -2.68. The molecule has 8 heteroatoms. The number of carbonyl (C=O) groups excluding carboxylic acids is 1. The molecule has 2 aromatic carbocycles. The third-order valence-corrected chi connectivity index (χ3v) is 5.33. The SMILES string of the molecule is COc1ccc(O[C@@H]2C=CC(=O)[C@@H](COS(=O)(=O)c3ccc(C)cc3)O2)cc1. The van der Waals surface area contributed by atoms with Crippen molar-refractivity contribution in [2.45, 2.75) is 24.2 Å². The molecule has 0 fully saturated rings. The Morgan fingerprint density at radius 2 is 1.64 bits per heavy atom. The molecule has 0 saturated heterocycles. The topological polar surface area (TPSA) is 88.1 Å². The molecule has 2 atom stereocenters. The smallest absolute Gasteiger partial charge is 0.297 e. The van der Waals surface area contributed by atoms with Crippen molar-refractivity contribution in [3.8, 4) is 11.5 Å². The Labute approximate surface area is 163 Å². The van der Waals surface area contributed by atoms with Gasteiger partial charge in [0, 0.05) is 0 Å². The molecule has 0 amide bonds. The van der Waals surface area contributed by atoms with Gasteiger partial charge in [-0.2, -0.15) is 8.42 Å². The summed E-state index contributed by atoms with van der Waals surface area (Å²) in [7, 11) is -2.44. The van der Waals surface area contributed by atoms with E-state index in [0.29, 0.717) is 11.5 Å². The van der Waals surface area contributed by atoms with E-state index >= 15 is 0 Å². The van der Waals surface area contributed by atoms with Crippen LogP contribution in [-0.4, -0.2) is 40.3 Å². The zero-order valence-electron chi connectivity index (χ0n) is 15.4. The molecule has 0 bridgehead atoms. The Morgan fingerprint density at radius 1 is 1.00 bits per heavy atom. The lowest BCUT2D eigenvalue weighted by atomic mass is 10.2. The minimum absolute atomic E-state index is 0.0166. The zero-order chi connectivity index (χ0) is 20.1. The van der Waals surface area contributed by atoms with Gasteiger partial charge in [-0.1, -0.05) is 17.7 Å². The molecule has 0 saturated carbocycles. The number of benzene rings is 2. The van der Waals surface area contributed by atoms with Crippen molar-refractivity contribution in [3.05, 3.63) is 66.2 Å². The highest BCUT2D eigenvalue weighted by Crippen LogP contribution is 2.21. The van der Waals surface area contributed by atoms with Crippen LogP contribution in [0.3, 0.4) is 0 Å². The van der Waals surface area contributed by atoms with Crippen LogP contribution in [0.25, 0.3) is 0 Å². The van der Waals surface area contributed by atoms with Crippen LogP contribution < -0.4 is 9.47 Å². The van der Waals surface area contributed by atoms with Gasteiger partial charge in [-0.05, 0) is 55.5 Å². The molecule has 0 aliphatic carbocycles. The van der Waals surface area contributed by atoms with Crippen LogP contribution in [0, 0.1) is 6.92 Å². The van der Waals surface area contributed by atoms with Crippen molar-refractivity contribution in [2.75, 3.05) is 13.7 Å². The number of aryl methyl sites for hydroxylation is 1. The van der Waals surface area contributed by atoms with Crippen molar-refractivity contribution in [1.82, 2.24) is 0 Å². The van der Waals surface area contributed by atoms with Crippen molar-refractivity contribution >= 4 is 15.9 Å². The molecular formula is C20H20O7S. The molecule has 28 heavy (non-hydrogen) atoms. The number of hydrogen-bond acceptors (Lipinski definition) is 7. The van der Waals surface area contributed by atoms with E-state index in [1.165, 1.54) is 24.3 Å². The summed E-state index contributed by atoms with van der Waals surface area (Å²) in [4.78, 5) is 12.0. The van der Waals surface area contributed by atoms with E-state index in [1.807, 2.05) is 6.92 Å². The molecule has 0 spiro atoms. The van der Waals surface area contributed by atoms with Crippen LogP contribution in [-0.2, 0) is 23.8 Å². The Balaban J connectivity index is 1.61. The van der Waals surface area contributed by atoms with Gasteiger partial charge < -0.3 is 14.2 Å². The molecule has 2 aromatic rings. The van der Waals surface area contributed by atoms with Crippen molar-refractivity contribution in [1.29, 1.82) is 0 Å². The van der Waals surface area contributed by atoms with Gasteiger partial charge in [-0.3, -0.25) is 8.98 Å². The van der Waals surface area contributed by atoms with Gasteiger partial charge in [0.25, 0.3) is 10.1 Å². The van der Waals surface area contributed by atoms with Crippen LogP contribution in [0.2, 0.25) is 0 Å². The van der Waals surface area contributed by atoms with E-state index in [4.69, 9.17) is 18.4 Å². The fourth-order valence-electron chi connectivity index (χ4n) is 2.46. The van der Waals surface area contributed by atoms with Crippen LogP contribution >= 0.6 is 0 Å². The number of rotatable bonds is 7. The lowest BCUT2D eigenvalue weighted by Gasteiger charge is -2.25. The fraction of sp³-hybridized carbons (Fsp3) is 0.250. The van der Waals surface area contributed by atoms with Crippen LogP contribution in [0.5, 0.6) is 11.5 Å². The van der Waals surface area contributed by atoms with Crippen molar-refractivity contribution < 1.29 is 31.6 Å². The maximum atomic E-state index is 12.3. The summed E-state index contributed by atoms with van der Waals surface area (Å²) in [5.41, 5.74) is 0.924. The van der Waals surface area contributed by atoms with Gasteiger partial charge in [-0.15, -0.1) is 0 Å². The molecular weight excluding hydrogens is 384 g/mol. The zero-order valence-corrected chi connectivity index (χ0v) is 16.2. The summed E-state index contributed by atoms with van der Waals surface area (Å²) in [5.74, 6) is 0.792. The summed E-state index contributed by atoms with van der Waals surface area (Å²) in [6, 6.07) is 13.1. The van der Waals surface area contributed by atoms with Gasteiger partial charge in [0.1, 0.15) is 24.2 Å². The molecule has 0 radical (unpaired) electrons. The highest BCUT2D eigenvalue weighted by atomic mass is 32.2. The summed E-state index contributed by atoms with van der Waals surface area (Å²) in [6.07, 6.45) is 0.817. The molecule has 0 N–H and O–H groups in total. The first-order valence-electron chi connectivity index (χ1n) is 8.52. The van der Waals surface area contributed by atoms with Gasteiger partial charge >= 0.3 is 0 Å². The third-order valence-electron chi connectivity index (χ3n) is 4.03. The molecule has 3 rings (SSSR count). The first-order valence-corrected chi connectivity index (χ1v) is 9.92. The number of ketones is 1. The normalized spacial score (nSPS) is 19.4. The fourth-order valence-corrected chi connectivity index (χ4v) is 3.36. The minimum Gasteiger partial charge on any atom is -0.497 e. The van der Waals surface area contributed by atoms with Gasteiger partial charge in [0.15, 0.2) is 5.78 Å². The van der Waals surface area contributed by atoms with E-state index in [9.17, 15) is 13.2 Å². The number of methoxy groups -OCH3 is 1. The molecule has 0 aromatic heterocycles. The van der Waals surface area contributed by atoms with Gasteiger partial charge in [0.05, 0.1) is 12.0 Å². The summed E-state index contributed by atoms with van der Waals surface area (Å²) in [5, 5.41) is 0. The maximum Gasteiger partial charge on any atom is 0.297 e. The largest absolute Gasteiger partial charge is 0.497 e. The van der Waals surface area contributed by atoms with E-state index in [2.05, 4.69) is 0 Å². The van der Waals surface area contributed by atoms with Crippen molar-refractivity contribution in [2.24, 2.45) is 0 Å². The van der Waals surface area contributed by atoms with E-state index < -0.39 is 34.9 Å². The molecule has 148 valence electrons. The second-order valence-electron chi connectivity index (χ2n) is 6.10. The minimum atomic E-state index is -3.99. The number of ether oxygens (including phenoxy) is 3. The summed E-state index contributed by atoms with van der Waals surface area (Å²) < 4.78 is 45.8. The maximum absolute atomic E-state index is 12.3. The summed E-state index contributed by atoms with van der Waals surface area (Å²) >= 11 is 0. The van der Waals surface area contributed by atoms with Gasteiger partial charge in [0.2, 0.25) is 6.29 Å². The molecule has 0 unspecified atom stereocenters. The highest BCUT2D eigenvalue weighted by Gasteiger charge is 2.29. The average molecular weight is 404 g/mol. The molecule has 7 nitrogen and oxygen atoms in total. The first-order chi connectivity index (χ1) is 13.4. The van der Waals surface area contributed by atoms with Crippen LogP contribution in [0.4, 0.5) is 0 Å². The Kier molecular flexibility index (Phi) is 6.13. The lowest BCUT2D eigenvalue weighted by molar-refractivity contribution is -0.146. The highest BCUT2D eigenvalue weighted by molar-refractivity contribution is 7.86. The first kappa shape index (κ1) is 20.1. The van der Waals surface area contributed by atoms with E-state index in [-0.39, 0.29) is 4.90 Å². The predicted octanol–water partition coefficient (Wildman–Crippen LogP) is 2.64.